The van der Waals surface area contributed by atoms with Gasteiger partial charge in [0.2, 0.25) is 5.91 Å². The highest BCUT2D eigenvalue weighted by Gasteiger charge is 2.16. The van der Waals surface area contributed by atoms with E-state index >= 15 is 0 Å². The van der Waals surface area contributed by atoms with E-state index in [1.807, 2.05) is 43.3 Å². The van der Waals surface area contributed by atoms with Crippen molar-refractivity contribution in [2.75, 3.05) is 25.6 Å². The first kappa shape index (κ1) is 16.7. The summed E-state index contributed by atoms with van der Waals surface area (Å²) in [7, 11) is 3.95. The van der Waals surface area contributed by atoms with Crippen LogP contribution in [0.4, 0.5) is 5.82 Å². The number of anilines is 1. The van der Waals surface area contributed by atoms with Gasteiger partial charge in [-0.05, 0) is 37.0 Å². The van der Waals surface area contributed by atoms with Crippen LogP contribution in [0.2, 0.25) is 0 Å². The smallest absolute Gasteiger partial charge is 0.220 e. The van der Waals surface area contributed by atoms with Crippen LogP contribution >= 0.6 is 0 Å². The molecule has 1 atom stereocenters. The maximum Gasteiger partial charge on any atom is 0.220 e. The minimum absolute atomic E-state index is 0.0813. The van der Waals surface area contributed by atoms with Gasteiger partial charge >= 0.3 is 0 Å². The average Bonchev–Trinajstić information content (AvgIpc) is 3.11. The molecule has 128 valence electrons. The predicted molar refractivity (Wildman–Crippen MR) is 96.1 cm³/mol. The number of benzene rings is 1. The summed E-state index contributed by atoms with van der Waals surface area (Å²) in [6, 6.07) is 10.1. The molecule has 3 rings (SSSR count). The second-order valence-electron chi connectivity index (χ2n) is 6.50. The second kappa shape index (κ2) is 7.62. The largest absolute Gasteiger partial charge is 0.378 e. The molecule has 2 heterocycles. The van der Waals surface area contributed by atoms with E-state index < -0.39 is 0 Å². The summed E-state index contributed by atoms with van der Waals surface area (Å²) in [6.07, 6.45) is 3.79. The first-order chi connectivity index (χ1) is 11.6. The minimum atomic E-state index is 0.0813. The van der Waals surface area contributed by atoms with Gasteiger partial charge in [0.15, 0.2) is 0 Å². The molecule has 1 aromatic carbocycles. The lowest BCUT2D eigenvalue weighted by atomic mass is 10.1. The summed E-state index contributed by atoms with van der Waals surface area (Å²) in [5.41, 5.74) is 2.04. The standard InChI is InChI=1S/C19H25N3O2/c1-22(2)18-12-14(16-7-3-4-8-17(16)21-18)13-20-19(23)10-9-15-6-5-11-24-15/h3-4,7-8,12,15H,5-6,9-11,13H2,1-2H3,(H,20,23). The van der Waals surface area contributed by atoms with Gasteiger partial charge in [-0.1, -0.05) is 18.2 Å². The molecule has 0 radical (unpaired) electrons. The summed E-state index contributed by atoms with van der Waals surface area (Å²) in [6.45, 7) is 1.36. The number of amides is 1. The number of ether oxygens (including phenoxy) is 1. The molecule has 0 bridgehead atoms. The summed E-state index contributed by atoms with van der Waals surface area (Å²) in [4.78, 5) is 18.8. The number of pyridine rings is 1. The molecule has 1 aliphatic rings. The molecule has 5 heteroatoms. The Balaban J connectivity index is 1.66. The van der Waals surface area contributed by atoms with Crippen LogP contribution in [0.1, 0.15) is 31.2 Å². The van der Waals surface area contributed by atoms with Crippen LogP contribution in [0.25, 0.3) is 10.9 Å². The van der Waals surface area contributed by atoms with Crippen LogP contribution in [0.5, 0.6) is 0 Å². The molecule has 24 heavy (non-hydrogen) atoms. The first-order valence-corrected chi connectivity index (χ1v) is 8.58. The number of hydrogen-bond acceptors (Lipinski definition) is 4. The lowest BCUT2D eigenvalue weighted by Gasteiger charge is -2.16. The molecule has 0 aliphatic carbocycles. The van der Waals surface area contributed by atoms with Crippen LogP contribution in [0.15, 0.2) is 30.3 Å². The summed E-state index contributed by atoms with van der Waals surface area (Å²) in [5.74, 6) is 0.982. The van der Waals surface area contributed by atoms with Crippen molar-refractivity contribution in [3.63, 3.8) is 0 Å². The average molecular weight is 327 g/mol. The van der Waals surface area contributed by atoms with Crippen molar-refractivity contribution in [3.8, 4) is 0 Å². The number of nitrogens with zero attached hydrogens (tertiary/aromatic N) is 2. The molecule has 1 amide bonds. The minimum Gasteiger partial charge on any atom is -0.378 e. The van der Waals surface area contributed by atoms with E-state index in [1.165, 1.54) is 0 Å². The number of fused-ring (bicyclic) bond motifs is 1. The van der Waals surface area contributed by atoms with Gasteiger partial charge < -0.3 is 15.0 Å². The number of nitrogens with one attached hydrogen (secondary N) is 1. The second-order valence-corrected chi connectivity index (χ2v) is 6.50. The van der Waals surface area contributed by atoms with Gasteiger partial charge in [-0.15, -0.1) is 0 Å². The first-order valence-electron chi connectivity index (χ1n) is 8.58. The fourth-order valence-electron chi connectivity index (χ4n) is 3.05. The maximum atomic E-state index is 12.1. The number of para-hydroxylation sites is 1. The molecule has 1 aromatic heterocycles. The Morgan fingerprint density at radius 3 is 2.96 bits per heavy atom. The quantitative estimate of drug-likeness (QED) is 0.886. The fourth-order valence-corrected chi connectivity index (χ4v) is 3.05. The van der Waals surface area contributed by atoms with Gasteiger partial charge in [0.25, 0.3) is 0 Å². The summed E-state index contributed by atoms with van der Waals surface area (Å²) in [5, 5.41) is 4.13. The zero-order chi connectivity index (χ0) is 16.9. The summed E-state index contributed by atoms with van der Waals surface area (Å²) < 4.78 is 5.57. The van der Waals surface area contributed by atoms with Crippen LogP contribution in [0.3, 0.4) is 0 Å². The van der Waals surface area contributed by atoms with Crippen molar-refractivity contribution >= 4 is 22.6 Å². The highest BCUT2D eigenvalue weighted by Crippen LogP contribution is 2.22. The van der Waals surface area contributed by atoms with Crippen molar-refractivity contribution in [1.29, 1.82) is 0 Å². The van der Waals surface area contributed by atoms with Gasteiger partial charge in [0, 0.05) is 39.1 Å². The van der Waals surface area contributed by atoms with Crippen LogP contribution in [-0.4, -0.2) is 37.7 Å². The maximum absolute atomic E-state index is 12.1. The van der Waals surface area contributed by atoms with E-state index in [4.69, 9.17) is 4.74 Å². The lowest BCUT2D eigenvalue weighted by Crippen LogP contribution is -2.24. The van der Waals surface area contributed by atoms with Crippen molar-refractivity contribution in [1.82, 2.24) is 10.3 Å². The molecule has 0 saturated carbocycles. The van der Waals surface area contributed by atoms with Gasteiger partial charge in [0.1, 0.15) is 5.82 Å². The molecular weight excluding hydrogens is 302 g/mol. The number of aromatic nitrogens is 1. The number of hydrogen-bond donors (Lipinski definition) is 1. The third-order valence-electron chi connectivity index (χ3n) is 4.44. The van der Waals surface area contributed by atoms with Gasteiger partial charge in [-0.25, -0.2) is 4.98 Å². The molecule has 5 nitrogen and oxygen atoms in total. The molecule has 1 saturated heterocycles. The van der Waals surface area contributed by atoms with Gasteiger partial charge in [-0.2, -0.15) is 0 Å². The molecule has 0 spiro atoms. The van der Waals surface area contributed by atoms with E-state index in [-0.39, 0.29) is 12.0 Å². The Morgan fingerprint density at radius 2 is 2.21 bits per heavy atom. The molecule has 1 N–H and O–H groups in total. The Labute approximate surface area is 143 Å². The molecule has 2 aromatic rings. The van der Waals surface area contributed by atoms with E-state index in [0.29, 0.717) is 13.0 Å². The fraction of sp³-hybridized carbons (Fsp3) is 0.474. The van der Waals surface area contributed by atoms with Crippen molar-refractivity contribution in [2.24, 2.45) is 0 Å². The zero-order valence-electron chi connectivity index (χ0n) is 14.4. The third kappa shape index (κ3) is 4.03. The number of carbonyl (C=O) groups is 1. The lowest BCUT2D eigenvalue weighted by molar-refractivity contribution is -0.121. The monoisotopic (exact) mass is 327 g/mol. The van der Waals surface area contributed by atoms with Crippen molar-refractivity contribution in [2.45, 2.75) is 38.3 Å². The Kier molecular flexibility index (Phi) is 5.30. The van der Waals surface area contributed by atoms with Crippen LogP contribution in [0, 0.1) is 0 Å². The van der Waals surface area contributed by atoms with E-state index in [0.717, 1.165) is 48.2 Å². The van der Waals surface area contributed by atoms with Gasteiger partial charge in [-0.3, -0.25) is 4.79 Å². The normalized spacial score (nSPS) is 17.2. The topological polar surface area (TPSA) is 54.5 Å². The van der Waals surface area contributed by atoms with E-state index in [2.05, 4.69) is 16.4 Å². The predicted octanol–water partition coefficient (Wildman–Crippen LogP) is 2.88. The third-order valence-corrected chi connectivity index (χ3v) is 4.44. The molecule has 1 aliphatic heterocycles. The van der Waals surface area contributed by atoms with Crippen molar-refractivity contribution < 1.29 is 9.53 Å². The molecular formula is C19H25N3O2. The number of carbonyl (C=O) groups excluding carboxylic acids is 1. The van der Waals surface area contributed by atoms with Crippen LogP contribution in [-0.2, 0) is 16.1 Å². The van der Waals surface area contributed by atoms with E-state index in [9.17, 15) is 4.79 Å². The van der Waals surface area contributed by atoms with Crippen molar-refractivity contribution in [3.05, 3.63) is 35.9 Å². The SMILES string of the molecule is CN(C)c1cc(CNC(=O)CCC2CCCO2)c2ccccc2n1. The molecule has 1 unspecified atom stereocenters. The Morgan fingerprint density at radius 1 is 1.38 bits per heavy atom. The highest BCUT2D eigenvalue weighted by molar-refractivity contribution is 5.85. The van der Waals surface area contributed by atoms with Gasteiger partial charge in [0.05, 0.1) is 11.6 Å². The van der Waals surface area contributed by atoms with E-state index in [1.54, 1.807) is 0 Å². The highest BCUT2D eigenvalue weighted by atomic mass is 16.5. The Hall–Kier alpha value is -2.14. The molecule has 1 fully saturated rings. The summed E-state index contributed by atoms with van der Waals surface area (Å²) >= 11 is 0. The Bertz CT molecular complexity index is 709. The van der Waals surface area contributed by atoms with Crippen LogP contribution < -0.4 is 10.2 Å². The number of rotatable bonds is 6. The zero-order valence-corrected chi connectivity index (χ0v) is 14.4.